The largest absolute Gasteiger partial charge is 0.325 e. The molecule has 0 atom stereocenters. The van der Waals surface area contributed by atoms with Crippen molar-refractivity contribution < 1.29 is 0 Å². The van der Waals surface area contributed by atoms with Crippen LogP contribution in [0.15, 0.2) is 41.3 Å². The number of aromatic amines is 1. The average Bonchev–Trinajstić information content (AvgIpc) is 2.55. The van der Waals surface area contributed by atoms with E-state index >= 15 is 0 Å². The van der Waals surface area contributed by atoms with E-state index in [0.717, 1.165) is 28.6 Å². The first kappa shape index (κ1) is 13.5. The second kappa shape index (κ2) is 5.46. The molecular weight excluding hydrogens is 264 g/mol. The van der Waals surface area contributed by atoms with Crippen molar-refractivity contribution in [2.75, 3.05) is 0 Å². The summed E-state index contributed by atoms with van der Waals surface area (Å²) in [5, 5.41) is 7.87. The van der Waals surface area contributed by atoms with Gasteiger partial charge in [0.2, 0.25) is 0 Å². The maximum Gasteiger partial charge on any atom is 0.272 e. The Balaban J connectivity index is 2.17. The number of rotatable bonds is 3. The molecule has 3 rings (SSSR count). The molecule has 0 aliphatic carbocycles. The van der Waals surface area contributed by atoms with E-state index in [1.807, 2.05) is 30.5 Å². The Morgan fingerprint density at radius 1 is 1.14 bits per heavy atom. The molecule has 2 heterocycles. The molecule has 3 N–H and O–H groups in total. The van der Waals surface area contributed by atoms with Gasteiger partial charge in [0.1, 0.15) is 0 Å². The van der Waals surface area contributed by atoms with Gasteiger partial charge in [-0.15, -0.1) is 0 Å². The molecule has 106 valence electrons. The van der Waals surface area contributed by atoms with Gasteiger partial charge in [0.05, 0.1) is 11.1 Å². The van der Waals surface area contributed by atoms with Crippen molar-refractivity contribution >= 4 is 10.8 Å². The van der Waals surface area contributed by atoms with Gasteiger partial charge in [-0.1, -0.05) is 19.1 Å². The lowest BCUT2D eigenvalue weighted by Crippen LogP contribution is -2.13. The third-order valence-corrected chi connectivity index (χ3v) is 3.58. The van der Waals surface area contributed by atoms with E-state index in [4.69, 9.17) is 5.73 Å². The fourth-order valence-corrected chi connectivity index (χ4v) is 2.36. The highest BCUT2D eigenvalue weighted by molar-refractivity contribution is 5.88. The zero-order valence-corrected chi connectivity index (χ0v) is 11.8. The van der Waals surface area contributed by atoms with Gasteiger partial charge in [0.15, 0.2) is 0 Å². The lowest BCUT2D eigenvalue weighted by molar-refractivity contribution is 0.900. The smallest absolute Gasteiger partial charge is 0.272 e. The number of nitrogens with one attached hydrogen (secondary N) is 1. The predicted octanol–water partition coefficient (Wildman–Crippen LogP) is 2.01. The third-order valence-electron chi connectivity index (χ3n) is 3.58. The molecule has 3 aromatic rings. The van der Waals surface area contributed by atoms with Crippen LogP contribution in [0.5, 0.6) is 0 Å². The highest BCUT2D eigenvalue weighted by atomic mass is 16.1. The normalized spacial score (nSPS) is 11.0. The van der Waals surface area contributed by atoms with Crippen LogP contribution in [0.1, 0.15) is 18.3 Å². The minimum Gasteiger partial charge on any atom is -0.325 e. The first-order chi connectivity index (χ1) is 10.2. The topological polar surface area (TPSA) is 84.7 Å². The number of hydrogen-bond donors (Lipinski definition) is 2. The fourth-order valence-electron chi connectivity index (χ4n) is 2.36. The monoisotopic (exact) mass is 280 g/mol. The van der Waals surface area contributed by atoms with Crippen molar-refractivity contribution in [2.45, 2.75) is 19.9 Å². The van der Waals surface area contributed by atoms with Gasteiger partial charge < -0.3 is 5.73 Å². The van der Waals surface area contributed by atoms with Crippen molar-refractivity contribution in [1.82, 2.24) is 15.2 Å². The summed E-state index contributed by atoms with van der Waals surface area (Å²) in [4.78, 5) is 16.2. The number of nitrogens with zero attached hydrogens (tertiary/aromatic N) is 2. The SMILES string of the molecule is CCc1ccc(-c2ccc3c(=O)[nH]nc(CN)c3c2)cn1. The molecule has 0 unspecified atom stereocenters. The van der Waals surface area contributed by atoms with Crippen LogP contribution in [-0.4, -0.2) is 15.2 Å². The number of fused-ring (bicyclic) bond motifs is 1. The molecule has 1 aromatic carbocycles. The summed E-state index contributed by atoms with van der Waals surface area (Å²) in [6.07, 6.45) is 2.76. The second-order valence-electron chi connectivity index (χ2n) is 4.86. The van der Waals surface area contributed by atoms with Crippen molar-refractivity contribution in [1.29, 1.82) is 0 Å². The highest BCUT2D eigenvalue weighted by Gasteiger charge is 2.07. The summed E-state index contributed by atoms with van der Waals surface area (Å²) in [6.45, 7) is 2.35. The number of aryl methyl sites for hydroxylation is 1. The maximum absolute atomic E-state index is 11.8. The number of H-pyrrole nitrogens is 1. The van der Waals surface area contributed by atoms with E-state index in [-0.39, 0.29) is 12.1 Å². The number of nitrogens with two attached hydrogens (primary N) is 1. The Kier molecular flexibility index (Phi) is 3.50. The van der Waals surface area contributed by atoms with Gasteiger partial charge in [-0.25, -0.2) is 5.10 Å². The van der Waals surface area contributed by atoms with Gasteiger partial charge in [-0.2, -0.15) is 5.10 Å². The first-order valence-electron chi connectivity index (χ1n) is 6.89. The van der Waals surface area contributed by atoms with Crippen molar-refractivity contribution in [2.24, 2.45) is 5.73 Å². The summed E-state index contributed by atoms with van der Waals surface area (Å²) < 4.78 is 0. The quantitative estimate of drug-likeness (QED) is 0.768. The predicted molar refractivity (Wildman–Crippen MR) is 82.9 cm³/mol. The summed E-state index contributed by atoms with van der Waals surface area (Å²) in [5.41, 5.74) is 9.25. The molecule has 0 amide bonds. The molecule has 21 heavy (non-hydrogen) atoms. The van der Waals surface area contributed by atoms with Crippen molar-refractivity contribution in [3.8, 4) is 11.1 Å². The second-order valence-corrected chi connectivity index (χ2v) is 4.86. The van der Waals surface area contributed by atoms with E-state index < -0.39 is 0 Å². The average molecular weight is 280 g/mol. The Morgan fingerprint density at radius 3 is 2.62 bits per heavy atom. The number of pyridine rings is 1. The Hall–Kier alpha value is -2.53. The molecule has 2 aromatic heterocycles. The van der Waals surface area contributed by atoms with Gasteiger partial charge in [0.25, 0.3) is 5.56 Å². The van der Waals surface area contributed by atoms with Crippen LogP contribution in [-0.2, 0) is 13.0 Å². The van der Waals surface area contributed by atoms with Crippen LogP contribution >= 0.6 is 0 Å². The van der Waals surface area contributed by atoms with E-state index in [9.17, 15) is 4.79 Å². The highest BCUT2D eigenvalue weighted by Crippen LogP contribution is 2.23. The molecule has 0 spiro atoms. The zero-order chi connectivity index (χ0) is 14.8. The van der Waals surface area contributed by atoms with Crippen LogP contribution in [0.25, 0.3) is 21.9 Å². The van der Waals surface area contributed by atoms with E-state index in [0.29, 0.717) is 11.1 Å². The van der Waals surface area contributed by atoms with E-state index in [1.54, 1.807) is 6.07 Å². The van der Waals surface area contributed by atoms with Crippen molar-refractivity contribution in [3.63, 3.8) is 0 Å². The third kappa shape index (κ3) is 2.43. The molecule has 0 aliphatic rings. The standard InChI is InChI=1S/C16H16N4O/c1-2-12-5-3-11(9-18-12)10-4-6-13-14(7-10)15(8-17)19-20-16(13)21/h3-7,9H,2,8,17H2,1H3,(H,20,21). The van der Waals surface area contributed by atoms with Gasteiger partial charge in [-0.3, -0.25) is 9.78 Å². The van der Waals surface area contributed by atoms with E-state index in [2.05, 4.69) is 22.1 Å². The molecule has 5 heteroatoms. The fraction of sp³-hybridized carbons (Fsp3) is 0.188. The van der Waals surface area contributed by atoms with Gasteiger partial charge >= 0.3 is 0 Å². The zero-order valence-electron chi connectivity index (χ0n) is 11.8. The van der Waals surface area contributed by atoms with Crippen molar-refractivity contribution in [3.05, 3.63) is 58.3 Å². The minimum absolute atomic E-state index is 0.201. The Bertz CT molecular complexity index is 837. The van der Waals surface area contributed by atoms with Gasteiger partial charge in [0, 0.05) is 29.4 Å². The maximum atomic E-state index is 11.8. The summed E-state index contributed by atoms with van der Waals surface area (Å²) in [7, 11) is 0. The molecule has 0 aliphatic heterocycles. The number of hydrogen-bond acceptors (Lipinski definition) is 4. The van der Waals surface area contributed by atoms with Crippen LogP contribution in [0.4, 0.5) is 0 Å². The van der Waals surface area contributed by atoms with Crippen LogP contribution in [0, 0.1) is 0 Å². The lowest BCUT2D eigenvalue weighted by atomic mass is 10.0. The first-order valence-corrected chi connectivity index (χ1v) is 6.89. The molecule has 0 bridgehead atoms. The molecule has 0 saturated heterocycles. The lowest BCUT2D eigenvalue weighted by Gasteiger charge is -2.06. The van der Waals surface area contributed by atoms with Crippen LogP contribution in [0.2, 0.25) is 0 Å². The van der Waals surface area contributed by atoms with Crippen LogP contribution < -0.4 is 11.3 Å². The minimum atomic E-state index is -0.201. The Morgan fingerprint density at radius 2 is 1.95 bits per heavy atom. The number of benzene rings is 1. The molecular formula is C16H16N4O. The Labute approximate surface area is 121 Å². The van der Waals surface area contributed by atoms with Crippen LogP contribution in [0.3, 0.4) is 0 Å². The summed E-state index contributed by atoms with van der Waals surface area (Å²) >= 11 is 0. The summed E-state index contributed by atoms with van der Waals surface area (Å²) in [6, 6.07) is 9.72. The molecule has 0 radical (unpaired) electrons. The molecule has 0 fully saturated rings. The molecule has 5 nitrogen and oxygen atoms in total. The number of aromatic nitrogens is 3. The van der Waals surface area contributed by atoms with Gasteiger partial charge in [-0.05, 0) is 30.2 Å². The summed E-state index contributed by atoms with van der Waals surface area (Å²) in [5.74, 6) is 0. The van der Waals surface area contributed by atoms with E-state index in [1.165, 1.54) is 0 Å². The molecule has 0 saturated carbocycles.